The molecular weight excluding hydrogens is 416 g/mol. The van der Waals surface area contributed by atoms with Gasteiger partial charge in [-0.2, -0.15) is 4.98 Å². The number of carbonyl (C=O) groups is 1. The first kappa shape index (κ1) is 19.2. The topological polar surface area (TPSA) is 76.3 Å². The fourth-order valence-electron chi connectivity index (χ4n) is 3.46. The maximum absolute atomic E-state index is 13.2. The summed E-state index contributed by atoms with van der Waals surface area (Å²) in [6.07, 6.45) is 7.91. The van der Waals surface area contributed by atoms with Gasteiger partial charge in [0.2, 0.25) is 11.1 Å². The number of thiazole rings is 1. The highest BCUT2D eigenvalue weighted by atomic mass is 32.2. The third kappa shape index (κ3) is 4.08. The van der Waals surface area contributed by atoms with E-state index in [-0.39, 0.29) is 11.7 Å². The van der Waals surface area contributed by atoms with E-state index < -0.39 is 0 Å². The van der Waals surface area contributed by atoms with E-state index in [4.69, 9.17) is 4.98 Å². The number of rotatable bonds is 6. The molecule has 9 heteroatoms. The Hall–Kier alpha value is -2.78. The van der Waals surface area contributed by atoms with Crippen molar-refractivity contribution in [1.82, 2.24) is 24.6 Å². The second-order valence-electron chi connectivity index (χ2n) is 7.09. The fourth-order valence-corrected chi connectivity index (χ4v) is 5.33. The fraction of sp³-hybridized carbons (Fsp3) is 0.286. The second-order valence-corrected chi connectivity index (χ2v) is 9.09. The lowest BCUT2D eigenvalue weighted by Crippen LogP contribution is -2.32. The predicted molar refractivity (Wildman–Crippen MR) is 118 cm³/mol. The van der Waals surface area contributed by atoms with Crippen LogP contribution in [-0.4, -0.2) is 36.2 Å². The van der Waals surface area contributed by atoms with Crippen molar-refractivity contribution in [2.45, 2.75) is 37.4 Å². The molecule has 0 bridgehead atoms. The van der Waals surface area contributed by atoms with Crippen molar-refractivity contribution in [2.75, 3.05) is 10.7 Å². The lowest BCUT2D eigenvalue weighted by Gasteiger charge is -2.19. The largest absolute Gasteiger partial charge is 0.283 e. The molecule has 0 atom stereocenters. The molecule has 0 aliphatic heterocycles. The molecule has 1 aromatic carbocycles. The molecule has 1 aliphatic carbocycles. The summed E-state index contributed by atoms with van der Waals surface area (Å²) in [6.45, 7) is 0.507. The number of hydrogen-bond donors (Lipinski definition) is 0. The van der Waals surface area contributed by atoms with Gasteiger partial charge in [-0.15, -0.1) is 16.4 Å². The van der Waals surface area contributed by atoms with Crippen molar-refractivity contribution in [1.29, 1.82) is 0 Å². The van der Waals surface area contributed by atoms with Gasteiger partial charge in [-0.25, -0.2) is 14.5 Å². The zero-order valence-corrected chi connectivity index (χ0v) is 17.9. The number of amides is 1. The van der Waals surface area contributed by atoms with Crippen LogP contribution in [-0.2, 0) is 24.2 Å². The minimum Gasteiger partial charge on any atom is -0.283 e. The maximum atomic E-state index is 13.2. The van der Waals surface area contributed by atoms with Crippen LogP contribution in [0.3, 0.4) is 0 Å². The molecule has 0 radical (unpaired) electrons. The highest BCUT2D eigenvalue weighted by Crippen LogP contribution is 2.33. The average molecular weight is 437 g/mol. The molecule has 0 N–H and O–H groups in total. The van der Waals surface area contributed by atoms with Crippen molar-refractivity contribution in [3.8, 4) is 0 Å². The molecule has 3 aromatic heterocycles. The van der Waals surface area contributed by atoms with Crippen molar-refractivity contribution in [2.24, 2.45) is 0 Å². The van der Waals surface area contributed by atoms with Crippen LogP contribution in [0.1, 0.15) is 29.0 Å². The van der Waals surface area contributed by atoms with Crippen LogP contribution in [0.15, 0.2) is 53.9 Å². The molecule has 7 nitrogen and oxygen atoms in total. The molecule has 3 heterocycles. The molecule has 1 aliphatic rings. The van der Waals surface area contributed by atoms with Gasteiger partial charge in [0, 0.05) is 17.3 Å². The monoisotopic (exact) mass is 436 g/mol. The van der Waals surface area contributed by atoms with Gasteiger partial charge in [0.05, 0.1) is 18.0 Å². The van der Waals surface area contributed by atoms with E-state index in [2.05, 4.69) is 15.1 Å². The Morgan fingerprint density at radius 2 is 2.00 bits per heavy atom. The van der Waals surface area contributed by atoms with Crippen molar-refractivity contribution < 1.29 is 4.79 Å². The summed E-state index contributed by atoms with van der Waals surface area (Å²) in [5, 5.41) is 5.71. The van der Waals surface area contributed by atoms with Gasteiger partial charge in [0.25, 0.3) is 5.78 Å². The lowest BCUT2D eigenvalue weighted by molar-refractivity contribution is -0.116. The SMILES string of the molecule is O=C(CSc1nc2ncccn2n1)N(Cc1ccccc1)c1nc2c(s1)CCCC2. The van der Waals surface area contributed by atoms with Gasteiger partial charge in [-0.1, -0.05) is 42.1 Å². The average Bonchev–Trinajstić information content (AvgIpc) is 3.40. The van der Waals surface area contributed by atoms with Crippen molar-refractivity contribution in [3.05, 3.63) is 64.9 Å². The number of carbonyl (C=O) groups excluding carboxylic acids is 1. The molecule has 30 heavy (non-hydrogen) atoms. The van der Waals surface area contributed by atoms with Gasteiger partial charge < -0.3 is 0 Å². The molecule has 5 rings (SSSR count). The van der Waals surface area contributed by atoms with Gasteiger partial charge in [-0.3, -0.25) is 9.69 Å². The third-order valence-corrected chi connectivity index (χ3v) is 6.97. The lowest BCUT2D eigenvalue weighted by atomic mass is 10.0. The van der Waals surface area contributed by atoms with E-state index in [1.807, 2.05) is 30.3 Å². The predicted octanol–water partition coefficient (Wildman–Crippen LogP) is 3.79. The first-order chi connectivity index (χ1) is 14.8. The molecule has 152 valence electrons. The molecular formula is C21H20N6OS2. The van der Waals surface area contributed by atoms with Crippen LogP contribution in [0.5, 0.6) is 0 Å². The van der Waals surface area contributed by atoms with Crippen LogP contribution in [0.2, 0.25) is 0 Å². The van der Waals surface area contributed by atoms with Crippen LogP contribution < -0.4 is 4.90 Å². The molecule has 0 unspecified atom stereocenters. The number of anilines is 1. The normalized spacial score (nSPS) is 13.3. The first-order valence-corrected chi connectivity index (χ1v) is 11.7. The second kappa shape index (κ2) is 8.53. The van der Waals surface area contributed by atoms with Gasteiger partial charge in [-0.05, 0) is 37.3 Å². The Balaban J connectivity index is 1.37. The maximum Gasteiger partial charge on any atom is 0.253 e. The first-order valence-electron chi connectivity index (χ1n) is 9.89. The van der Waals surface area contributed by atoms with E-state index in [0.29, 0.717) is 17.5 Å². The van der Waals surface area contributed by atoms with Crippen LogP contribution in [0.4, 0.5) is 5.13 Å². The summed E-state index contributed by atoms with van der Waals surface area (Å²) in [5.74, 6) is 0.775. The van der Waals surface area contributed by atoms with Crippen molar-refractivity contribution >= 4 is 39.9 Å². The van der Waals surface area contributed by atoms with E-state index in [1.54, 1.807) is 39.2 Å². The zero-order chi connectivity index (χ0) is 20.3. The highest BCUT2D eigenvalue weighted by molar-refractivity contribution is 7.99. The van der Waals surface area contributed by atoms with Crippen LogP contribution in [0.25, 0.3) is 5.78 Å². The standard InChI is InChI=1S/C21H20N6OS2/c28-18(14-29-20-24-19-22-11-6-12-27(19)25-20)26(13-15-7-2-1-3-8-15)21-23-16-9-4-5-10-17(16)30-21/h1-3,6-8,11-12H,4-5,9-10,13-14H2. The minimum absolute atomic E-state index is 0.00163. The molecule has 1 amide bonds. The number of fused-ring (bicyclic) bond motifs is 2. The number of hydrogen-bond acceptors (Lipinski definition) is 7. The number of nitrogens with zero attached hydrogens (tertiary/aromatic N) is 6. The number of aryl methyl sites for hydroxylation is 2. The Bertz CT molecular complexity index is 1120. The van der Waals surface area contributed by atoms with Crippen LogP contribution in [0, 0.1) is 0 Å². The highest BCUT2D eigenvalue weighted by Gasteiger charge is 2.24. The van der Waals surface area contributed by atoms with E-state index >= 15 is 0 Å². The summed E-state index contributed by atoms with van der Waals surface area (Å²) in [5.41, 5.74) is 2.24. The van der Waals surface area contributed by atoms with Crippen LogP contribution >= 0.6 is 23.1 Å². The number of aromatic nitrogens is 5. The quantitative estimate of drug-likeness (QED) is 0.428. The molecule has 0 saturated carbocycles. The smallest absolute Gasteiger partial charge is 0.253 e. The minimum atomic E-state index is 0.00163. The molecule has 0 saturated heterocycles. The summed E-state index contributed by atoms with van der Waals surface area (Å²) >= 11 is 2.98. The number of benzene rings is 1. The molecule has 0 fully saturated rings. The van der Waals surface area contributed by atoms with Gasteiger partial charge in [0.15, 0.2) is 5.13 Å². The Labute approximate surface area is 182 Å². The Kier molecular flexibility index (Phi) is 5.46. The summed E-state index contributed by atoms with van der Waals surface area (Å²) in [6, 6.07) is 11.8. The van der Waals surface area contributed by atoms with Gasteiger partial charge in [0.1, 0.15) is 0 Å². The summed E-state index contributed by atoms with van der Waals surface area (Å²) in [7, 11) is 0. The summed E-state index contributed by atoms with van der Waals surface area (Å²) < 4.78 is 1.61. The molecule has 4 aromatic rings. The zero-order valence-electron chi connectivity index (χ0n) is 16.3. The number of thioether (sulfide) groups is 1. The summed E-state index contributed by atoms with van der Waals surface area (Å²) in [4.78, 5) is 29.7. The van der Waals surface area contributed by atoms with Gasteiger partial charge >= 0.3 is 0 Å². The molecule has 0 spiro atoms. The van der Waals surface area contributed by atoms with E-state index in [0.717, 1.165) is 29.2 Å². The van der Waals surface area contributed by atoms with Crippen molar-refractivity contribution in [3.63, 3.8) is 0 Å². The third-order valence-electron chi connectivity index (χ3n) is 4.97. The Morgan fingerprint density at radius 1 is 1.13 bits per heavy atom. The van der Waals surface area contributed by atoms with E-state index in [1.165, 1.54) is 29.5 Å². The van der Waals surface area contributed by atoms with E-state index in [9.17, 15) is 4.79 Å². The Morgan fingerprint density at radius 3 is 2.83 bits per heavy atom.